The maximum atomic E-state index is 12.2. The Kier molecular flexibility index (Phi) is 4.14. The fraction of sp³-hybridized carbons (Fsp3) is 0.500. The maximum Gasteiger partial charge on any atom is 0.245 e. The lowest BCUT2D eigenvalue weighted by Gasteiger charge is -2.32. The van der Waals surface area contributed by atoms with Gasteiger partial charge in [0, 0.05) is 18.9 Å². The molecule has 1 aromatic heterocycles. The molecular formula is C14H19N3O2. The number of aromatic nitrogens is 1. The topological polar surface area (TPSA) is 62.3 Å². The predicted octanol–water partition coefficient (Wildman–Crippen LogP) is 1.02. The van der Waals surface area contributed by atoms with Crippen molar-refractivity contribution in [3.05, 3.63) is 29.6 Å². The van der Waals surface area contributed by atoms with E-state index in [-0.39, 0.29) is 24.4 Å². The molecule has 0 spiro atoms. The third-order valence-electron chi connectivity index (χ3n) is 3.16. The standard InChI is InChI=1S/C14H19N3O2/c1-3-4-12-14(19)17(9-13(18)16-12)8-11-5-10(2)6-15-7-11/h5-7,12H,3-4,8-9H2,1-2H3,(H,16,18). The van der Waals surface area contributed by atoms with Crippen LogP contribution in [0.2, 0.25) is 0 Å². The van der Waals surface area contributed by atoms with E-state index in [1.54, 1.807) is 17.3 Å². The lowest BCUT2D eigenvalue weighted by molar-refractivity contribution is -0.145. The second-order valence-electron chi connectivity index (χ2n) is 4.97. The van der Waals surface area contributed by atoms with Gasteiger partial charge in [0.2, 0.25) is 11.8 Å². The number of hydrogen-bond donors (Lipinski definition) is 1. The highest BCUT2D eigenvalue weighted by molar-refractivity contribution is 5.94. The Balaban J connectivity index is 2.10. The van der Waals surface area contributed by atoms with Crippen LogP contribution in [-0.4, -0.2) is 34.3 Å². The Bertz CT molecular complexity index is 487. The van der Waals surface area contributed by atoms with E-state index < -0.39 is 0 Å². The number of carbonyl (C=O) groups is 2. The molecule has 1 aliphatic rings. The summed E-state index contributed by atoms with van der Waals surface area (Å²) in [5.74, 6) is -0.0818. The smallest absolute Gasteiger partial charge is 0.245 e. The summed E-state index contributed by atoms with van der Waals surface area (Å²) in [6.07, 6.45) is 5.07. The highest BCUT2D eigenvalue weighted by atomic mass is 16.2. The normalized spacial score (nSPS) is 19.5. The van der Waals surface area contributed by atoms with Gasteiger partial charge in [0.25, 0.3) is 0 Å². The third kappa shape index (κ3) is 3.30. The Labute approximate surface area is 113 Å². The number of piperazine rings is 1. The van der Waals surface area contributed by atoms with Gasteiger partial charge < -0.3 is 10.2 Å². The lowest BCUT2D eigenvalue weighted by Crippen LogP contribution is -2.57. The van der Waals surface area contributed by atoms with E-state index >= 15 is 0 Å². The molecule has 19 heavy (non-hydrogen) atoms. The molecule has 0 saturated carbocycles. The molecule has 5 heteroatoms. The molecule has 0 radical (unpaired) electrons. The molecule has 0 aliphatic carbocycles. The number of nitrogens with one attached hydrogen (secondary N) is 1. The van der Waals surface area contributed by atoms with Gasteiger partial charge in [-0.2, -0.15) is 0 Å². The molecule has 2 heterocycles. The molecule has 1 N–H and O–H groups in total. The predicted molar refractivity (Wildman–Crippen MR) is 71.2 cm³/mol. The van der Waals surface area contributed by atoms with Crippen LogP contribution < -0.4 is 5.32 Å². The van der Waals surface area contributed by atoms with Gasteiger partial charge in [-0.05, 0) is 24.5 Å². The Morgan fingerprint density at radius 3 is 2.89 bits per heavy atom. The first kappa shape index (κ1) is 13.5. The van der Waals surface area contributed by atoms with Gasteiger partial charge in [0.05, 0.1) is 6.54 Å². The summed E-state index contributed by atoms with van der Waals surface area (Å²) in [5.41, 5.74) is 2.01. The number of amides is 2. The molecule has 1 aliphatic heterocycles. The number of carbonyl (C=O) groups excluding carboxylic acids is 2. The monoisotopic (exact) mass is 261 g/mol. The van der Waals surface area contributed by atoms with Crippen molar-refractivity contribution in [3.8, 4) is 0 Å². The van der Waals surface area contributed by atoms with E-state index in [2.05, 4.69) is 10.3 Å². The summed E-state index contributed by atoms with van der Waals surface area (Å²) in [6.45, 7) is 4.54. The average molecular weight is 261 g/mol. The first-order valence-electron chi connectivity index (χ1n) is 6.59. The van der Waals surface area contributed by atoms with Crippen LogP contribution in [0, 0.1) is 6.92 Å². The number of rotatable bonds is 4. The van der Waals surface area contributed by atoms with Crippen molar-refractivity contribution >= 4 is 11.8 Å². The van der Waals surface area contributed by atoms with Crippen LogP contribution in [-0.2, 0) is 16.1 Å². The summed E-state index contributed by atoms with van der Waals surface area (Å²) in [5, 5.41) is 2.75. The fourth-order valence-electron chi connectivity index (χ4n) is 2.32. The highest BCUT2D eigenvalue weighted by Gasteiger charge is 2.31. The van der Waals surface area contributed by atoms with Crippen LogP contribution >= 0.6 is 0 Å². The van der Waals surface area contributed by atoms with Crippen LogP contribution in [0.5, 0.6) is 0 Å². The average Bonchev–Trinajstić information content (AvgIpc) is 2.35. The molecule has 1 saturated heterocycles. The summed E-state index contributed by atoms with van der Waals surface area (Å²) in [6, 6.07) is 1.62. The largest absolute Gasteiger partial charge is 0.343 e. The molecule has 5 nitrogen and oxygen atoms in total. The number of hydrogen-bond acceptors (Lipinski definition) is 3. The Hall–Kier alpha value is -1.91. The van der Waals surface area contributed by atoms with E-state index in [0.717, 1.165) is 17.5 Å². The van der Waals surface area contributed by atoms with E-state index in [4.69, 9.17) is 0 Å². The molecule has 2 rings (SSSR count). The van der Waals surface area contributed by atoms with Crippen LogP contribution in [0.4, 0.5) is 0 Å². The van der Waals surface area contributed by atoms with Gasteiger partial charge in [-0.25, -0.2) is 0 Å². The second kappa shape index (κ2) is 5.82. The van der Waals surface area contributed by atoms with Crippen LogP contribution in [0.3, 0.4) is 0 Å². The molecular weight excluding hydrogens is 242 g/mol. The van der Waals surface area contributed by atoms with Crippen molar-refractivity contribution in [2.75, 3.05) is 6.54 Å². The van der Waals surface area contributed by atoms with Crippen LogP contribution in [0.15, 0.2) is 18.5 Å². The van der Waals surface area contributed by atoms with Gasteiger partial charge >= 0.3 is 0 Å². The quantitative estimate of drug-likeness (QED) is 0.880. The minimum atomic E-state index is -0.371. The molecule has 102 valence electrons. The zero-order chi connectivity index (χ0) is 13.8. The summed E-state index contributed by atoms with van der Waals surface area (Å²) in [4.78, 5) is 29.6. The third-order valence-corrected chi connectivity index (χ3v) is 3.16. The Morgan fingerprint density at radius 1 is 1.42 bits per heavy atom. The van der Waals surface area contributed by atoms with Crippen molar-refractivity contribution in [1.29, 1.82) is 0 Å². The molecule has 0 aromatic carbocycles. The fourth-order valence-corrected chi connectivity index (χ4v) is 2.32. The molecule has 1 aromatic rings. The van der Waals surface area contributed by atoms with Crippen molar-refractivity contribution < 1.29 is 9.59 Å². The van der Waals surface area contributed by atoms with Gasteiger partial charge in [0.1, 0.15) is 6.04 Å². The van der Waals surface area contributed by atoms with Crippen molar-refractivity contribution in [1.82, 2.24) is 15.2 Å². The van der Waals surface area contributed by atoms with Gasteiger partial charge in [-0.1, -0.05) is 19.4 Å². The summed E-state index contributed by atoms with van der Waals surface area (Å²) in [7, 11) is 0. The van der Waals surface area contributed by atoms with Gasteiger partial charge in [-0.3, -0.25) is 14.6 Å². The van der Waals surface area contributed by atoms with Crippen LogP contribution in [0.25, 0.3) is 0 Å². The summed E-state index contributed by atoms with van der Waals surface area (Å²) < 4.78 is 0. The van der Waals surface area contributed by atoms with E-state index in [1.807, 2.05) is 19.9 Å². The van der Waals surface area contributed by atoms with Gasteiger partial charge in [-0.15, -0.1) is 0 Å². The molecule has 1 atom stereocenters. The molecule has 1 unspecified atom stereocenters. The van der Waals surface area contributed by atoms with E-state index in [1.165, 1.54) is 0 Å². The number of aryl methyl sites for hydroxylation is 1. The lowest BCUT2D eigenvalue weighted by atomic mass is 10.1. The zero-order valence-electron chi connectivity index (χ0n) is 11.3. The zero-order valence-corrected chi connectivity index (χ0v) is 11.3. The summed E-state index contributed by atoms with van der Waals surface area (Å²) >= 11 is 0. The van der Waals surface area contributed by atoms with Gasteiger partial charge in [0.15, 0.2) is 0 Å². The SMILES string of the molecule is CCCC1NC(=O)CN(Cc2cncc(C)c2)C1=O. The Morgan fingerprint density at radius 2 is 2.21 bits per heavy atom. The first-order chi connectivity index (χ1) is 9.10. The first-order valence-corrected chi connectivity index (χ1v) is 6.59. The maximum absolute atomic E-state index is 12.2. The highest BCUT2D eigenvalue weighted by Crippen LogP contribution is 2.12. The molecule has 2 amide bonds. The minimum absolute atomic E-state index is 0.00274. The number of nitrogens with zero attached hydrogens (tertiary/aromatic N) is 2. The molecule has 0 bridgehead atoms. The van der Waals surface area contributed by atoms with Crippen molar-refractivity contribution in [2.45, 2.75) is 39.3 Å². The van der Waals surface area contributed by atoms with E-state index in [9.17, 15) is 9.59 Å². The van der Waals surface area contributed by atoms with Crippen molar-refractivity contribution in [2.24, 2.45) is 0 Å². The minimum Gasteiger partial charge on any atom is -0.343 e. The van der Waals surface area contributed by atoms with E-state index in [0.29, 0.717) is 13.0 Å². The van der Waals surface area contributed by atoms with Crippen molar-refractivity contribution in [3.63, 3.8) is 0 Å². The van der Waals surface area contributed by atoms with Crippen LogP contribution in [0.1, 0.15) is 30.9 Å². The molecule has 1 fully saturated rings. The second-order valence-corrected chi connectivity index (χ2v) is 4.97. The number of pyridine rings is 1.